The van der Waals surface area contributed by atoms with Crippen molar-refractivity contribution in [2.24, 2.45) is 5.92 Å². The van der Waals surface area contributed by atoms with Crippen LogP contribution >= 0.6 is 27.5 Å². The van der Waals surface area contributed by atoms with Crippen molar-refractivity contribution in [2.75, 3.05) is 23.4 Å². The number of benzene rings is 2. The molecule has 0 aliphatic carbocycles. The quantitative estimate of drug-likeness (QED) is 0.650. The summed E-state index contributed by atoms with van der Waals surface area (Å²) in [7, 11) is 0. The van der Waals surface area contributed by atoms with Gasteiger partial charge in [-0.3, -0.25) is 14.4 Å². The van der Waals surface area contributed by atoms with Gasteiger partial charge in [-0.1, -0.05) is 11.6 Å². The summed E-state index contributed by atoms with van der Waals surface area (Å²) >= 11 is 9.33. The summed E-state index contributed by atoms with van der Waals surface area (Å²) in [5, 5.41) is 3.08. The van der Waals surface area contributed by atoms with E-state index in [-0.39, 0.29) is 18.9 Å². The average Bonchev–Trinajstić information content (AvgIpc) is 3.06. The van der Waals surface area contributed by atoms with Crippen molar-refractivity contribution in [1.29, 1.82) is 0 Å². The Balaban J connectivity index is 1.54. The molecular formula is C20H17BrClFN2O4. The molecule has 0 bridgehead atoms. The van der Waals surface area contributed by atoms with Crippen molar-refractivity contribution in [3.63, 3.8) is 0 Å². The summed E-state index contributed by atoms with van der Waals surface area (Å²) in [4.78, 5) is 38.0. The smallest absolute Gasteiger partial charge is 0.311 e. The van der Waals surface area contributed by atoms with E-state index in [0.717, 1.165) is 5.56 Å². The van der Waals surface area contributed by atoms with Crippen LogP contribution in [0.4, 0.5) is 15.8 Å². The van der Waals surface area contributed by atoms with Crippen LogP contribution in [-0.2, 0) is 19.1 Å². The summed E-state index contributed by atoms with van der Waals surface area (Å²) in [6.45, 7) is 1.44. The number of hydrogen-bond donors (Lipinski definition) is 1. The van der Waals surface area contributed by atoms with Gasteiger partial charge in [-0.2, -0.15) is 0 Å². The van der Waals surface area contributed by atoms with Gasteiger partial charge in [0.05, 0.1) is 10.9 Å². The largest absolute Gasteiger partial charge is 0.455 e. The lowest BCUT2D eigenvalue weighted by molar-refractivity contribution is -0.151. The fourth-order valence-electron chi connectivity index (χ4n) is 2.96. The van der Waals surface area contributed by atoms with E-state index in [4.69, 9.17) is 16.3 Å². The molecule has 1 N–H and O–H groups in total. The minimum absolute atomic E-state index is 0.0285. The molecule has 1 aliphatic heterocycles. The number of amides is 2. The Morgan fingerprint density at radius 1 is 1.31 bits per heavy atom. The van der Waals surface area contributed by atoms with Gasteiger partial charge >= 0.3 is 5.97 Å². The van der Waals surface area contributed by atoms with Crippen molar-refractivity contribution in [2.45, 2.75) is 13.3 Å². The van der Waals surface area contributed by atoms with Crippen LogP contribution in [0.3, 0.4) is 0 Å². The molecule has 2 aromatic carbocycles. The molecule has 1 atom stereocenters. The Kier molecular flexibility index (Phi) is 6.54. The molecule has 1 saturated heterocycles. The lowest BCUT2D eigenvalue weighted by atomic mass is 10.1. The number of ether oxygens (including phenoxy) is 1. The van der Waals surface area contributed by atoms with Gasteiger partial charge < -0.3 is 15.0 Å². The molecule has 0 aromatic heterocycles. The van der Waals surface area contributed by atoms with Crippen LogP contribution < -0.4 is 10.2 Å². The molecule has 1 aliphatic rings. The van der Waals surface area contributed by atoms with E-state index in [1.807, 2.05) is 0 Å². The lowest BCUT2D eigenvalue weighted by Crippen LogP contribution is -2.28. The van der Waals surface area contributed by atoms with E-state index in [0.29, 0.717) is 20.9 Å². The maximum atomic E-state index is 13.0. The highest BCUT2D eigenvalue weighted by Gasteiger charge is 2.36. The minimum Gasteiger partial charge on any atom is -0.455 e. The third kappa shape index (κ3) is 5.13. The van der Waals surface area contributed by atoms with Crippen LogP contribution in [0, 0.1) is 18.7 Å². The normalized spacial score (nSPS) is 16.1. The summed E-state index contributed by atoms with van der Waals surface area (Å²) in [5.41, 5.74) is 1.81. The standard InChI is InChI=1S/C20H17BrClFN2O4/c1-11-6-15(21)16(22)8-17(11)24-18(26)10-29-20(28)12-7-19(27)25(9-12)14-4-2-13(23)3-5-14/h2-6,8,12H,7,9-10H2,1H3,(H,24,26)/t12-/m1/s1. The summed E-state index contributed by atoms with van der Waals surface area (Å²) in [6, 6.07) is 8.79. The third-order valence-electron chi connectivity index (χ3n) is 4.48. The summed E-state index contributed by atoms with van der Waals surface area (Å²) in [5.74, 6) is -2.51. The Bertz CT molecular complexity index is 968. The number of carbonyl (C=O) groups is 3. The van der Waals surface area contributed by atoms with Crippen molar-refractivity contribution >= 4 is 56.7 Å². The maximum Gasteiger partial charge on any atom is 0.311 e. The molecule has 152 valence electrons. The van der Waals surface area contributed by atoms with Crippen LogP contribution in [-0.4, -0.2) is 30.9 Å². The van der Waals surface area contributed by atoms with Crippen molar-refractivity contribution in [3.05, 3.63) is 57.3 Å². The van der Waals surface area contributed by atoms with Gasteiger partial charge in [-0.15, -0.1) is 0 Å². The summed E-state index contributed by atoms with van der Waals surface area (Å²) < 4.78 is 18.8. The molecule has 2 aromatic rings. The van der Waals surface area contributed by atoms with E-state index in [1.165, 1.54) is 29.2 Å². The van der Waals surface area contributed by atoms with Gasteiger partial charge in [-0.05, 0) is 64.8 Å². The minimum atomic E-state index is -0.691. The summed E-state index contributed by atoms with van der Waals surface area (Å²) in [6.07, 6.45) is -0.0285. The van der Waals surface area contributed by atoms with Gasteiger partial charge in [0.2, 0.25) is 5.91 Å². The number of aryl methyl sites for hydroxylation is 1. The average molecular weight is 484 g/mol. The first kappa shape index (κ1) is 21.3. The number of esters is 1. The van der Waals surface area contributed by atoms with Gasteiger partial charge in [0.1, 0.15) is 5.82 Å². The molecule has 2 amide bonds. The van der Waals surface area contributed by atoms with Crippen LogP contribution in [0.5, 0.6) is 0 Å². The lowest BCUT2D eigenvalue weighted by Gasteiger charge is -2.16. The highest BCUT2D eigenvalue weighted by atomic mass is 79.9. The van der Waals surface area contributed by atoms with Crippen LogP contribution in [0.1, 0.15) is 12.0 Å². The number of rotatable bonds is 5. The molecule has 9 heteroatoms. The van der Waals surface area contributed by atoms with E-state index < -0.39 is 30.2 Å². The third-order valence-corrected chi connectivity index (χ3v) is 5.68. The number of carbonyl (C=O) groups excluding carboxylic acids is 3. The maximum absolute atomic E-state index is 13.0. The fourth-order valence-corrected chi connectivity index (χ4v) is 3.58. The predicted octanol–water partition coefficient (Wildman–Crippen LogP) is 4.08. The zero-order valence-electron chi connectivity index (χ0n) is 15.4. The highest BCUT2D eigenvalue weighted by molar-refractivity contribution is 9.10. The zero-order valence-corrected chi connectivity index (χ0v) is 17.7. The first-order valence-corrected chi connectivity index (χ1v) is 9.89. The zero-order chi connectivity index (χ0) is 21.1. The number of nitrogens with zero attached hydrogens (tertiary/aromatic N) is 1. The first-order chi connectivity index (χ1) is 13.7. The van der Waals surface area contributed by atoms with Gasteiger partial charge in [0, 0.05) is 28.8 Å². The van der Waals surface area contributed by atoms with Crippen molar-refractivity contribution in [1.82, 2.24) is 0 Å². The first-order valence-electron chi connectivity index (χ1n) is 8.72. The van der Waals surface area contributed by atoms with E-state index >= 15 is 0 Å². The molecule has 0 saturated carbocycles. The predicted molar refractivity (Wildman–Crippen MR) is 110 cm³/mol. The number of anilines is 2. The molecule has 0 radical (unpaired) electrons. The topological polar surface area (TPSA) is 75.7 Å². The van der Waals surface area contributed by atoms with Crippen molar-refractivity contribution < 1.29 is 23.5 Å². The molecule has 29 heavy (non-hydrogen) atoms. The molecule has 1 heterocycles. The van der Waals surface area contributed by atoms with Gasteiger partial charge in [0.15, 0.2) is 6.61 Å². The van der Waals surface area contributed by atoms with Crippen molar-refractivity contribution in [3.8, 4) is 0 Å². The monoisotopic (exact) mass is 482 g/mol. The Morgan fingerprint density at radius 3 is 2.69 bits per heavy atom. The SMILES string of the molecule is Cc1cc(Br)c(Cl)cc1NC(=O)COC(=O)[C@@H]1CC(=O)N(c2ccc(F)cc2)C1. The molecule has 0 unspecified atom stereocenters. The van der Waals surface area contributed by atoms with E-state index in [9.17, 15) is 18.8 Å². The molecular weight excluding hydrogens is 467 g/mol. The van der Waals surface area contributed by atoms with E-state index in [1.54, 1.807) is 19.1 Å². The molecule has 6 nitrogen and oxygen atoms in total. The van der Waals surface area contributed by atoms with Crippen LogP contribution in [0.2, 0.25) is 5.02 Å². The van der Waals surface area contributed by atoms with E-state index in [2.05, 4.69) is 21.2 Å². The van der Waals surface area contributed by atoms with Crippen LogP contribution in [0.25, 0.3) is 0 Å². The Morgan fingerprint density at radius 2 is 2.00 bits per heavy atom. The number of halogens is 3. The number of nitrogens with one attached hydrogen (secondary N) is 1. The second kappa shape index (κ2) is 8.92. The molecule has 3 rings (SSSR count). The second-order valence-electron chi connectivity index (χ2n) is 6.62. The molecule has 1 fully saturated rings. The number of hydrogen-bond acceptors (Lipinski definition) is 4. The van der Waals surface area contributed by atoms with Gasteiger partial charge in [0.25, 0.3) is 5.91 Å². The Labute approximate surface area is 180 Å². The van der Waals surface area contributed by atoms with Crippen LogP contribution in [0.15, 0.2) is 40.9 Å². The molecule has 0 spiro atoms. The highest BCUT2D eigenvalue weighted by Crippen LogP contribution is 2.29. The fraction of sp³-hybridized carbons (Fsp3) is 0.250. The Hall–Kier alpha value is -2.45. The second-order valence-corrected chi connectivity index (χ2v) is 7.88. The van der Waals surface area contributed by atoms with Gasteiger partial charge in [-0.25, -0.2) is 4.39 Å².